The zero-order valence-corrected chi connectivity index (χ0v) is 11.6. The molecular weight excluding hydrogens is 266 g/mol. The van der Waals surface area contributed by atoms with Gasteiger partial charge in [-0.3, -0.25) is 14.6 Å². The van der Waals surface area contributed by atoms with E-state index in [-0.39, 0.29) is 11.8 Å². The van der Waals surface area contributed by atoms with Crippen LogP contribution in [0.1, 0.15) is 23.7 Å². The van der Waals surface area contributed by atoms with Gasteiger partial charge in [0.05, 0.1) is 10.6 Å². The fraction of sp³-hybridized carbons (Fsp3) is 0.462. The van der Waals surface area contributed by atoms with Crippen molar-refractivity contribution < 1.29 is 9.59 Å². The highest BCUT2D eigenvalue weighted by molar-refractivity contribution is 6.33. The molecule has 0 aromatic carbocycles. The predicted molar refractivity (Wildman–Crippen MR) is 72.0 cm³/mol. The van der Waals surface area contributed by atoms with E-state index < -0.39 is 0 Å². The number of carbonyl (C=O) groups is 2. The molecule has 2 heterocycles. The molecule has 0 bridgehead atoms. The van der Waals surface area contributed by atoms with Gasteiger partial charge in [0.15, 0.2) is 0 Å². The first kappa shape index (κ1) is 13.8. The summed E-state index contributed by atoms with van der Waals surface area (Å²) in [4.78, 5) is 31.1. The van der Waals surface area contributed by atoms with Crippen LogP contribution in [0.3, 0.4) is 0 Å². The fourth-order valence-corrected chi connectivity index (χ4v) is 2.33. The van der Waals surface area contributed by atoms with E-state index >= 15 is 0 Å². The lowest BCUT2D eigenvalue weighted by Gasteiger charge is -2.21. The highest BCUT2D eigenvalue weighted by Crippen LogP contribution is 2.17. The zero-order chi connectivity index (χ0) is 13.8. The van der Waals surface area contributed by atoms with Gasteiger partial charge in [-0.05, 0) is 12.5 Å². The number of halogens is 1. The number of aromatic nitrogens is 1. The summed E-state index contributed by atoms with van der Waals surface area (Å²) in [6.07, 6.45) is 3.82. The van der Waals surface area contributed by atoms with Crippen LogP contribution in [0.2, 0.25) is 5.02 Å². The third kappa shape index (κ3) is 3.23. The third-order valence-electron chi connectivity index (χ3n) is 3.23. The van der Waals surface area contributed by atoms with Crippen molar-refractivity contribution in [3.63, 3.8) is 0 Å². The molecule has 2 amide bonds. The van der Waals surface area contributed by atoms with Crippen molar-refractivity contribution in [2.24, 2.45) is 0 Å². The van der Waals surface area contributed by atoms with Crippen LogP contribution in [0.4, 0.5) is 0 Å². The van der Waals surface area contributed by atoms with Crippen molar-refractivity contribution in [1.82, 2.24) is 14.8 Å². The van der Waals surface area contributed by atoms with E-state index in [1.165, 1.54) is 6.20 Å². The SMILES string of the molecule is CC(=O)N1CCCN(C(=O)c2cnccc2Cl)CC1. The Morgan fingerprint density at radius 2 is 1.89 bits per heavy atom. The average Bonchev–Trinajstić information content (AvgIpc) is 2.64. The van der Waals surface area contributed by atoms with Crippen molar-refractivity contribution in [1.29, 1.82) is 0 Å². The highest BCUT2D eigenvalue weighted by atomic mass is 35.5. The molecule has 0 radical (unpaired) electrons. The minimum atomic E-state index is -0.122. The van der Waals surface area contributed by atoms with Gasteiger partial charge in [-0.2, -0.15) is 0 Å². The number of pyridine rings is 1. The largest absolute Gasteiger partial charge is 0.341 e. The number of nitrogens with zero attached hydrogens (tertiary/aromatic N) is 3. The van der Waals surface area contributed by atoms with Crippen molar-refractivity contribution in [3.8, 4) is 0 Å². The molecule has 102 valence electrons. The summed E-state index contributed by atoms with van der Waals surface area (Å²) in [6, 6.07) is 1.61. The molecule has 1 aliphatic heterocycles. The maximum atomic E-state index is 12.3. The summed E-state index contributed by atoms with van der Waals surface area (Å²) in [6.45, 7) is 3.98. The predicted octanol–water partition coefficient (Wildman–Crippen LogP) is 1.43. The van der Waals surface area contributed by atoms with Gasteiger partial charge in [0.1, 0.15) is 0 Å². The Morgan fingerprint density at radius 3 is 2.58 bits per heavy atom. The standard InChI is InChI=1S/C13H16ClN3O2/c1-10(18)16-5-2-6-17(8-7-16)13(19)11-9-15-4-3-12(11)14/h3-4,9H,2,5-8H2,1H3. The van der Waals surface area contributed by atoms with E-state index in [2.05, 4.69) is 4.98 Å². The Morgan fingerprint density at radius 1 is 1.21 bits per heavy atom. The maximum Gasteiger partial charge on any atom is 0.257 e. The van der Waals surface area contributed by atoms with Crippen molar-refractivity contribution in [2.45, 2.75) is 13.3 Å². The Bertz CT molecular complexity index is 493. The maximum absolute atomic E-state index is 12.3. The van der Waals surface area contributed by atoms with E-state index in [4.69, 9.17) is 11.6 Å². The van der Waals surface area contributed by atoms with Crippen LogP contribution in [0.25, 0.3) is 0 Å². The second kappa shape index (κ2) is 6.02. The van der Waals surface area contributed by atoms with Crippen molar-refractivity contribution in [3.05, 3.63) is 29.0 Å². The molecule has 1 aromatic rings. The average molecular weight is 282 g/mol. The summed E-state index contributed by atoms with van der Waals surface area (Å²) in [5.41, 5.74) is 0.417. The van der Waals surface area contributed by atoms with E-state index in [0.29, 0.717) is 36.8 Å². The Labute approximate surface area is 117 Å². The van der Waals surface area contributed by atoms with Crippen LogP contribution in [0.5, 0.6) is 0 Å². The summed E-state index contributed by atoms with van der Waals surface area (Å²) in [5, 5.41) is 0.410. The van der Waals surface area contributed by atoms with Crippen LogP contribution >= 0.6 is 11.6 Å². The first-order chi connectivity index (χ1) is 9.09. The molecule has 0 N–H and O–H groups in total. The highest BCUT2D eigenvalue weighted by Gasteiger charge is 2.22. The number of carbonyl (C=O) groups excluding carboxylic acids is 2. The second-order valence-corrected chi connectivity index (χ2v) is 4.91. The van der Waals surface area contributed by atoms with E-state index in [0.717, 1.165) is 6.42 Å². The van der Waals surface area contributed by atoms with E-state index in [1.807, 2.05) is 0 Å². The fourth-order valence-electron chi connectivity index (χ4n) is 2.14. The van der Waals surface area contributed by atoms with Gasteiger partial charge in [-0.1, -0.05) is 11.6 Å². The smallest absolute Gasteiger partial charge is 0.257 e. The lowest BCUT2D eigenvalue weighted by Crippen LogP contribution is -2.36. The van der Waals surface area contributed by atoms with Crippen LogP contribution in [0, 0.1) is 0 Å². The summed E-state index contributed by atoms with van der Waals surface area (Å²) >= 11 is 6.01. The third-order valence-corrected chi connectivity index (χ3v) is 3.56. The first-order valence-corrected chi connectivity index (χ1v) is 6.61. The summed E-state index contributed by atoms with van der Waals surface area (Å²) < 4.78 is 0. The van der Waals surface area contributed by atoms with Crippen LogP contribution in [-0.2, 0) is 4.79 Å². The van der Waals surface area contributed by atoms with Crippen LogP contribution in [-0.4, -0.2) is 52.8 Å². The molecule has 1 aliphatic rings. The Kier molecular flexibility index (Phi) is 4.37. The van der Waals surface area contributed by atoms with Gasteiger partial charge in [-0.25, -0.2) is 0 Å². The Balaban J connectivity index is 2.08. The first-order valence-electron chi connectivity index (χ1n) is 6.24. The van der Waals surface area contributed by atoms with Gasteiger partial charge >= 0.3 is 0 Å². The molecule has 6 heteroatoms. The van der Waals surface area contributed by atoms with Crippen molar-refractivity contribution in [2.75, 3.05) is 26.2 Å². The van der Waals surface area contributed by atoms with E-state index in [9.17, 15) is 9.59 Å². The van der Waals surface area contributed by atoms with Gasteiger partial charge in [0, 0.05) is 45.5 Å². The van der Waals surface area contributed by atoms with Gasteiger partial charge in [-0.15, -0.1) is 0 Å². The van der Waals surface area contributed by atoms with Gasteiger partial charge in [0.2, 0.25) is 5.91 Å². The molecule has 5 nitrogen and oxygen atoms in total. The molecule has 1 fully saturated rings. The number of rotatable bonds is 1. The molecule has 0 unspecified atom stereocenters. The summed E-state index contributed by atoms with van der Waals surface area (Å²) in [5.74, 6) is -0.0720. The molecule has 0 aliphatic carbocycles. The van der Waals surface area contributed by atoms with Crippen molar-refractivity contribution >= 4 is 23.4 Å². The molecule has 19 heavy (non-hydrogen) atoms. The monoisotopic (exact) mass is 281 g/mol. The van der Waals surface area contributed by atoms with Gasteiger partial charge < -0.3 is 9.80 Å². The quantitative estimate of drug-likeness (QED) is 0.782. The number of hydrogen-bond acceptors (Lipinski definition) is 3. The molecular formula is C13H16ClN3O2. The molecule has 2 rings (SSSR count). The topological polar surface area (TPSA) is 53.5 Å². The molecule has 0 saturated carbocycles. The van der Waals surface area contributed by atoms with E-state index in [1.54, 1.807) is 29.0 Å². The summed E-state index contributed by atoms with van der Waals surface area (Å²) in [7, 11) is 0. The van der Waals surface area contributed by atoms with Crippen LogP contribution < -0.4 is 0 Å². The molecule has 1 aromatic heterocycles. The second-order valence-electron chi connectivity index (χ2n) is 4.51. The lowest BCUT2D eigenvalue weighted by atomic mass is 10.2. The Hall–Kier alpha value is -1.62. The van der Waals surface area contributed by atoms with Gasteiger partial charge in [0.25, 0.3) is 5.91 Å². The lowest BCUT2D eigenvalue weighted by molar-refractivity contribution is -0.128. The molecule has 0 spiro atoms. The molecule has 1 saturated heterocycles. The minimum Gasteiger partial charge on any atom is -0.341 e. The number of hydrogen-bond donors (Lipinski definition) is 0. The minimum absolute atomic E-state index is 0.0497. The normalized spacial score (nSPS) is 16.1. The molecule has 0 atom stereocenters. The van der Waals surface area contributed by atoms with Crippen LogP contribution in [0.15, 0.2) is 18.5 Å². The number of amides is 2. The zero-order valence-electron chi connectivity index (χ0n) is 10.8.